The zero-order valence-corrected chi connectivity index (χ0v) is 14.9. The maximum absolute atomic E-state index is 13.3. The molecule has 0 radical (unpaired) electrons. The van der Waals surface area contributed by atoms with E-state index in [2.05, 4.69) is 10.6 Å². The van der Waals surface area contributed by atoms with Crippen molar-refractivity contribution in [3.8, 4) is 16.9 Å². The van der Waals surface area contributed by atoms with Crippen LogP contribution in [0.4, 0.5) is 4.39 Å². The highest BCUT2D eigenvalue weighted by Crippen LogP contribution is 2.24. The van der Waals surface area contributed by atoms with Crippen molar-refractivity contribution in [2.75, 3.05) is 6.61 Å². The van der Waals surface area contributed by atoms with Crippen molar-refractivity contribution in [1.29, 1.82) is 0 Å². The van der Waals surface area contributed by atoms with Crippen LogP contribution >= 0.6 is 0 Å². The van der Waals surface area contributed by atoms with Crippen molar-refractivity contribution >= 4 is 5.91 Å². The van der Waals surface area contributed by atoms with Crippen LogP contribution in [-0.4, -0.2) is 22.3 Å². The molecule has 0 aliphatic carbocycles. The maximum atomic E-state index is 13.3. The number of nitrogens with one attached hydrogen (secondary N) is 1. The van der Waals surface area contributed by atoms with E-state index in [0.29, 0.717) is 23.7 Å². The molecule has 0 aliphatic rings. The molecule has 0 fully saturated rings. The Bertz CT molecular complexity index is 933. The number of hydrogen-bond acceptors (Lipinski definition) is 3. The summed E-state index contributed by atoms with van der Waals surface area (Å²) in [6.45, 7) is 6.19. The molecule has 0 aliphatic heterocycles. The van der Waals surface area contributed by atoms with Gasteiger partial charge in [-0.3, -0.25) is 9.63 Å². The smallest absolute Gasteiger partial charge is 0.274 e. The molecular weight excluding hydrogens is 333 g/mol. The van der Waals surface area contributed by atoms with E-state index in [1.165, 1.54) is 22.4 Å². The second-order valence-electron chi connectivity index (χ2n) is 5.97. The Hall–Kier alpha value is -2.99. The molecule has 0 saturated heterocycles. The largest absolute Gasteiger partial charge is 0.293 e. The number of aryl methyl sites for hydroxylation is 2. The Balaban J connectivity index is 2.08. The second kappa shape index (κ2) is 7.49. The van der Waals surface area contributed by atoms with Crippen molar-refractivity contribution in [3.63, 3.8) is 0 Å². The van der Waals surface area contributed by atoms with E-state index >= 15 is 0 Å². The minimum absolute atomic E-state index is 0.304. The van der Waals surface area contributed by atoms with Crippen molar-refractivity contribution < 1.29 is 14.0 Å². The lowest BCUT2D eigenvalue weighted by molar-refractivity contribution is 0.0357. The van der Waals surface area contributed by atoms with Crippen LogP contribution in [-0.2, 0) is 4.84 Å². The fourth-order valence-electron chi connectivity index (χ4n) is 2.55. The van der Waals surface area contributed by atoms with Gasteiger partial charge in [0.1, 0.15) is 11.5 Å². The first-order valence-corrected chi connectivity index (χ1v) is 8.35. The third-order valence-electron chi connectivity index (χ3n) is 4.13. The van der Waals surface area contributed by atoms with Gasteiger partial charge in [0.25, 0.3) is 5.91 Å². The number of amides is 1. The lowest BCUT2D eigenvalue weighted by Gasteiger charge is -2.07. The molecule has 1 heterocycles. The van der Waals surface area contributed by atoms with Gasteiger partial charge in [-0.2, -0.15) is 5.10 Å². The number of rotatable bonds is 5. The van der Waals surface area contributed by atoms with Crippen LogP contribution < -0.4 is 5.48 Å². The monoisotopic (exact) mass is 353 g/mol. The quantitative estimate of drug-likeness (QED) is 0.706. The fourth-order valence-corrected chi connectivity index (χ4v) is 2.55. The highest BCUT2D eigenvalue weighted by Gasteiger charge is 2.18. The van der Waals surface area contributed by atoms with Gasteiger partial charge in [-0.05, 0) is 68.3 Å². The average Bonchev–Trinajstić information content (AvgIpc) is 3.08. The second-order valence-corrected chi connectivity index (χ2v) is 5.97. The van der Waals surface area contributed by atoms with Crippen LogP contribution in [0, 0.1) is 19.7 Å². The molecule has 2 aromatic carbocycles. The molecule has 134 valence electrons. The van der Waals surface area contributed by atoms with Gasteiger partial charge in [0.15, 0.2) is 0 Å². The summed E-state index contributed by atoms with van der Waals surface area (Å²) in [5, 5.41) is 4.56. The first kappa shape index (κ1) is 17.8. The van der Waals surface area contributed by atoms with Gasteiger partial charge >= 0.3 is 0 Å². The fraction of sp³-hybridized carbons (Fsp3) is 0.200. The molecule has 0 atom stereocenters. The summed E-state index contributed by atoms with van der Waals surface area (Å²) in [7, 11) is 0. The highest BCUT2D eigenvalue weighted by atomic mass is 19.1. The van der Waals surface area contributed by atoms with Crippen LogP contribution in [0.15, 0.2) is 48.5 Å². The number of hydrogen-bond donors (Lipinski definition) is 1. The van der Waals surface area contributed by atoms with E-state index in [9.17, 15) is 9.18 Å². The van der Waals surface area contributed by atoms with E-state index in [1.807, 2.05) is 32.0 Å². The standard InChI is InChI=1S/C20H20FN3O2/c1-4-26-23-20(25)19-12-18(15-6-5-13(2)14(3)11-15)22-24(19)17-9-7-16(21)8-10-17/h5-12H,4H2,1-3H3,(H,23,25). The van der Waals surface area contributed by atoms with Crippen molar-refractivity contribution in [1.82, 2.24) is 15.3 Å². The van der Waals surface area contributed by atoms with Crippen LogP contribution in [0.3, 0.4) is 0 Å². The summed E-state index contributed by atoms with van der Waals surface area (Å²) >= 11 is 0. The minimum atomic E-state index is -0.418. The lowest BCUT2D eigenvalue weighted by Crippen LogP contribution is -2.26. The van der Waals surface area contributed by atoms with Crippen LogP contribution in [0.25, 0.3) is 16.9 Å². The third kappa shape index (κ3) is 3.65. The number of nitrogens with zero attached hydrogens (tertiary/aromatic N) is 2. The molecule has 0 spiro atoms. The Morgan fingerprint density at radius 3 is 2.50 bits per heavy atom. The van der Waals surface area contributed by atoms with Gasteiger partial charge in [-0.1, -0.05) is 12.1 Å². The van der Waals surface area contributed by atoms with E-state index in [1.54, 1.807) is 25.1 Å². The summed E-state index contributed by atoms with van der Waals surface area (Å²) in [5.74, 6) is -0.769. The van der Waals surface area contributed by atoms with Crippen LogP contribution in [0.1, 0.15) is 28.5 Å². The van der Waals surface area contributed by atoms with Gasteiger partial charge < -0.3 is 0 Å². The molecule has 1 aromatic heterocycles. The molecule has 3 rings (SSSR count). The lowest BCUT2D eigenvalue weighted by atomic mass is 10.0. The summed E-state index contributed by atoms with van der Waals surface area (Å²) in [4.78, 5) is 17.5. The van der Waals surface area contributed by atoms with E-state index < -0.39 is 5.91 Å². The number of carbonyl (C=O) groups excluding carboxylic acids is 1. The van der Waals surface area contributed by atoms with Crippen molar-refractivity contribution in [2.24, 2.45) is 0 Å². The molecule has 26 heavy (non-hydrogen) atoms. The number of hydroxylamine groups is 1. The molecular formula is C20H20FN3O2. The van der Waals surface area contributed by atoms with Gasteiger partial charge in [-0.25, -0.2) is 14.6 Å². The summed E-state index contributed by atoms with van der Waals surface area (Å²) in [5.41, 5.74) is 7.15. The van der Waals surface area contributed by atoms with Gasteiger partial charge in [0.2, 0.25) is 0 Å². The van der Waals surface area contributed by atoms with E-state index in [0.717, 1.165) is 11.1 Å². The van der Waals surface area contributed by atoms with E-state index in [-0.39, 0.29) is 5.82 Å². The predicted molar refractivity (Wildman–Crippen MR) is 97.5 cm³/mol. The Morgan fingerprint density at radius 1 is 1.12 bits per heavy atom. The number of aromatic nitrogens is 2. The predicted octanol–water partition coefficient (Wildman–Crippen LogP) is 3.98. The molecule has 3 aromatic rings. The van der Waals surface area contributed by atoms with E-state index in [4.69, 9.17) is 4.84 Å². The van der Waals surface area contributed by atoms with Crippen LogP contribution in [0.5, 0.6) is 0 Å². The van der Waals surface area contributed by atoms with Crippen molar-refractivity contribution in [2.45, 2.75) is 20.8 Å². The Kier molecular flexibility index (Phi) is 5.14. The van der Waals surface area contributed by atoms with Gasteiger partial charge in [-0.15, -0.1) is 0 Å². The topological polar surface area (TPSA) is 56.1 Å². The number of benzene rings is 2. The summed E-state index contributed by atoms with van der Waals surface area (Å²) in [6, 6.07) is 13.5. The van der Waals surface area contributed by atoms with Crippen molar-refractivity contribution in [3.05, 3.63) is 71.2 Å². The van der Waals surface area contributed by atoms with Crippen LogP contribution in [0.2, 0.25) is 0 Å². The summed E-state index contributed by atoms with van der Waals surface area (Å²) in [6.07, 6.45) is 0. The van der Waals surface area contributed by atoms with Gasteiger partial charge in [0, 0.05) is 5.56 Å². The molecule has 5 nitrogen and oxygen atoms in total. The third-order valence-corrected chi connectivity index (χ3v) is 4.13. The summed E-state index contributed by atoms with van der Waals surface area (Å²) < 4.78 is 14.7. The maximum Gasteiger partial charge on any atom is 0.293 e. The zero-order valence-electron chi connectivity index (χ0n) is 14.9. The Labute approximate surface area is 151 Å². The average molecular weight is 353 g/mol. The molecule has 6 heteroatoms. The minimum Gasteiger partial charge on any atom is -0.274 e. The normalized spacial score (nSPS) is 10.8. The highest BCUT2D eigenvalue weighted by molar-refractivity contribution is 5.93. The number of halogens is 1. The molecule has 1 N–H and O–H groups in total. The molecule has 0 unspecified atom stereocenters. The number of carbonyl (C=O) groups is 1. The zero-order chi connectivity index (χ0) is 18.7. The first-order chi connectivity index (χ1) is 12.5. The van der Waals surface area contributed by atoms with Gasteiger partial charge in [0.05, 0.1) is 18.0 Å². The SMILES string of the molecule is CCONC(=O)c1cc(-c2ccc(C)c(C)c2)nn1-c1ccc(F)cc1. The molecule has 1 amide bonds. The molecule has 0 saturated carbocycles. The first-order valence-electron chi connectivity index (χ1n) is 8.35. The Morgan fingerprint density at radius 2 is 1.85 bits per heavy atom. The molecule has 0 bridgehead atoms.